The zero-order chi connectivity index (χ0) is 15.1. The van der Waals surface area contributed by atoms with Crippen LogP contribution in [0.25, 0.3) is 0 Å². The zero-order valence-corrected chi connectivity index (χ0v) is 13.9. The molecule has 0 bridgehead atoms. The van der Waals surface area contributed by atoms with E-state index in [2.05, 4.69) is 37.6 Å². The van der Waals surface area contributed by atoms with Crippen LogP contribution in [0.3, 0.4) is 0 Å². The van der Waals surface area contributed by atoms with Gasteiger partial charge >= 0.3 is 0 Å². The highest BCUT2D eigenvalue weighted by Crippen LogP contribution is 2.16. The van der Waals surface area contributed by atoms with E-state index in [1.807, 2.05) is 12.1 Å². The highest BCUT2D eigenvalue weighted by Gasteiger charge is 2.11. The van der Waals surface area contributed by atoms with Crippen molar-refractivity contribution in [3.8, 4) is 0 Å². The SMILES string of the molecule is CC(C)CCN(CCC(C)C)c1cc(C(N)=S)ccn1. The highest BCUT2D eigenvalue weighted by atomic mass is 32.1. The summed E-state index contributed by atoms with van der Waals surface area (Å²) in [7, 11) is 0. The summed E-state index contributed by atoms with van der Waals surface area (Å²) in [6.07, 6.45) is 4.12. The van der Waals surface area contributed by atoms with E-state index in [9.17, 15) is 0 Å². The molecular formula is C16H27N3S. The lowest BCUT2D eigenvalue weighted by Crippen LogP contribution is -2.28. The van der Waals surface area contributed by atoms with E-state index >= 15 is 0 Å². The molecule has 20 heavy (non-hydrogen) atoms. The van der Waals surface area contributed by atoms with Crippen molar-refractivity contribution in [1.29, 1.82) is 0 Å². The quantitative estimate of drug-likeness (QED) is 0.743. The molecule has 3 nitrogen and oxygen atoms in total. The van der Waals surface area contributed by atoms with Gasteiger partial charge in [-0.25, -0.2) is 4.98 Å². The molecule has 0 unspecified atom stereocenters. The standard InChI is InChI=1S/C16H27N3S/c1-12(2)6-9-19(10-7-13(3)4)15-11-14(16(17)20)5-8-18-15/h5,8,11-13H,6-7,9-10H2,1-4H3,(H2,17,20). The third-order valence-corrected chi connectivity index (χ3v) is 3.54. The number of nitrogens with two attached hydrogens (primary N) is 1. The number of thiocarbonyl (C=S) groups is 1. The second-order valence-corrected chi connectivity index (χ2v) is 6.56. The first-order valence-corrected chi connectivity index (χ1v) is 7.81. The van der Waals surface area contributed by atoms with Gasteiger partial charge in [0.05, 0.1) is 0 Å². The van der Waals surface area contributed by atoms with Gasteiger partial charge in [-0.15, -0.1) is 0 Å². The van der Waals surface area contributed by atoms with Gasteiger partial charge in [-0.3, -0.25) is 0 Å². The molecule has 112 valence electrons. The summed E-state index contributed by atoms with van der Waals surface area (Å²) >= 11 is 5.05. The van der Waals surface area contributed by atoms with E-state index in [1.165, 1.54) is 0 Å². The Morgan fingerprint density at radius 2 is 1.75 bits per heavy atom. The molecule has 1 heterocycles. The molecule has 0 saturated carbocycles. The summed E-state index contributed by atoms with van der Waals surface area (Å²) < 4.78 is 0. The van der Waals surface area contributed by atoms with Crippen LogP contribution in [0.5, 0.6) is 0 Å². The number of pyridine rings is 1. The van der Waals surface area contributed by atoms with Gasteiger partial charge < -0.3 is 10.6 Å². The van der Waals surface area contributed by atoms with Gasteiger partial charge in [-0.1, -0.05) is 39.9 Å². The monoisotopic (exact) mass is 293 g/mol. The van der Waals surface area contributed by atoms with Crippen LogP contribution < -0.4 is 10.6 Å². The topological polar surface area (TPSA) is 42.1 Å². The van der Waals surface area contributed by atoms with Crippen LogP contribution in [-0.4, -0.2) is 23.1 Å². The van der Waals surface area contributed by atoms with Crippen molar-refractivity contribution in [3.05, 3.63) is 23.9 Å². The summed E-state index contributed by atoms with van der Waals surface area (Å²) in [6.45, 7) is 11.0. The van der Waals surface area contributed by atoms with Gasteiger partial charge in [-0.2, -0.15) is 0 Å². The number of rotatable bonds is 8. The molecule has 0 atom stereocenters. The number of hydrogen-bond donors (Lipinski definition) is 1. The molecule has 1 aromatic heterocycles. The maximum atomic E-state index is 5.71. The van der Waals surface area contributed by atoms with Crippen molar-refractivity contribution in [2.45, 2.75) is 40.5 Å². The first-order valence-electron chi connectivity index (χ1n) is 7.41. The van der Waals surface area contributed by atoms with E-state index in [0.29, 0.717) is 16.8 Å². The molecule has 4 heteroatoms. The maximum absolute atomic E-state index is 5.71. The second-order valence-electron chi connectivity index (χ2n) is 6.12. The Bertz CT molecular complexity index is 417. The second kappa shape index (κ2) is 8.20. The Morgan fingerprint density at radius 3 is 2.20 bits per heavy atom. The Morgan fingerprint density at radius 1 is 1.20 bits per heavy atom. The van der Waals surface area contributed by atoms with Gasteiger partial charge in [0.15, 0.2) is 0 Å². The molecule has 0 amide bonds. The predicted molar refractivity (Wildman–Crippen MR) is 91.2 cm³/mol. The van der Waals surface area contributed by atoms with E-state index in [4.69, 9.17) is 18.0 Å². The van der Waals surface area contributed by atoms with Crippen LogP contribution in [0.15, 0.2) is 18.3 Å². The highest BCUT2D eigenvalue weighted by molar-refractivity contribution is 7.80. The Labute approximate surface area is 128 Å². The van der Waals surface area contributed by atoms with Crippen molar-refractivity contribution >= 4 is 23.0 Å². The van der Waals surface area contributed by atoms with Crippen molar-refractivity contribution in [1.82, 2.24) is 4.98 Å². The molecule has 1 rings (SSSR count). The Balaban J connectivity index is 2.84. The molecule has 0 aliphatic carbocycles. The Kier molecular flexibility index (Phi) is 6.93. The molecule has 2 N–H and O–H groups in total. The van der Waals surface area contributed by atoms with Gasteiger partial charge in [0, 0.05) is 24.8 Å². The fraction of sp³-hybridized carbons (Fsp3) is 0.625. The first kappa shape index (κ1) is 16.9. The summed E-state index contributed by atoms with van der Waals surface area (Å²) in [4.78, 5) is 7.27. The number of hydrogen-bond acceptors (Lipinski definition) is 3. The molecule has 0 radical (unpaired) electrons. The average molecular weight is 293 g/mol. The minimum atomic E-state index is 0.432. The lowest BCUT2D eigenvalue weighted by atomic mass is 10.1. The molecule has 0 aliphatic rings. The fourth-order valence-electron chi connectivity index (χ4n) is 1.91. The van der Waals surface area contributed by atoms with Crippen molar-refractivity contribution < 1.29 is 0 Å². The van der Waals surface area contributed by atoms with E-state index in [0.717, 1.165) is 37.3 Å². The molecule has 0 spiro atoms. The van der Waals surface area contributed by atoms with Gasteiger partial charge in [0.2, 0.25) is 0 Å². The summed E-state index contributed by atoms with van der Waals surface area (Å²) in [5.74, 6) is 2.36. The van der Waals surface area contributed by atoms with E-state index in [-0.39, 0.29) is 0 Å². The third-order valence-electron chi connectivity index (χ3n) is 3.31. The molecular weight excluding hydrogens is 266 g/mol. The van der Waals surface area contributed by atoms with Crippen molar-refractivity contribution in [2.75, 3.05) is 18.0 Å². The largest absolute Gasteiger partial charge is 0.389 e. The Hall–Kier alpha value is -1.16. The molecule has 0 aromatic carbocycles. The third kappa shape index (κ3) is 5.87. The number of nitrogens with zero attached hydrogens (tertiary/aromatic N) is 2. The van der Waals surface area contributed by atoms with Crippen LogP contribution in [0.4, 0.5) is 5.82 Å². The van der Waals surface area contributed by atoms with Crippen molar-refractivity contribution in [3.63, 3.8) is 0 Å². The smallest absolute Gasteiger partial charge is 0.129 e. The van der Waals surface area contributed by atoms with Crippen LogP contribution in [-0.2, 0) is 0 Å². The van der Waals surface area contributed by atoms with Crippen LogP contribution in [0, 0.1) is 11.8 Å². The van der Waals surface area contributed by atoms with Gasteiger partial charge in [0.1, 0.15) is 10.8 Å². The summed E-state index contributed by atoms with van der Waals surface area (Å²) in [5.41, 5.74) is 6.60. The van der Waals surface area contributed by atoms with Gasteiger partial charge in [0.25, 0.3) is 0 Å². The molecule has 0 aliphatic heterocycles. The van der Waals surface area contributed by atoms with E-state index in [1.54, 1.807) is 6.20 Å². The maximum Gasteiger partial charge on any atom is 0.129 e. The molecule has 0 fully saturated rings. The minimum absolute atomic E-state index is 0.432. The predicted octanol–water partition coefficient (Wildman–Crippen LogP) is 3.61. The lowest BCUT2D eigenvalue weighted by Gasteiger charge is -2.25. The fourth-order valence-corrected chi connectivity index (χ4v) is 2.04. The zero-order valence-electron chi connectivity index (χ0n) is 13.1. The van der Waals surface area contributed by atoms with Crippen LogP contribution in [0.1, 0.15) is 46.1 Å². The van der Waals surface area contributed by atoms with Gasteiger partial charge in [-0.05, 0) is 36.8 Å². The molecule has 1 aromatic rings. The lowest BCUT2D eigenvalue weighted by molar-refractivity contribution is 0.533. The normalized spacial score (nSPS) is 11.1. The van der Waals surface area contributed by atoms with E-state index < -0.39 is 0 Å². The summed E-state index contributed by atoms with van der Waals surface area (Å²) in [6, 6.07) is 3.87. The minimum Gasteiger partial charge on any atom is -0.389 e. The number of aromatic nitrogens is 1. The van der Waals surface area contributed by atoms with Crippen LogP contribution >= 0.6 is 12.2 Å². The first-order chi connectivity index (χ1) is 9.40. The van der Waals surface area contributed by atoms with Crippen LogP contribution in [0.2, 0.25) is 0 Å². The van der Waals surface area contributed by atoms with Crippen molar-refractivity contribution in [2.24, 2.45) is 17.6 Å². The molecule has 0 saturated heterocycles. The average Bonchev–Trinajstić information content (AvgIpc) is 2.38. The number of anilines is 1. The summed E-state index contributed by atoms with van der Waals surface area (Å²) in [5, 5.41) is 0.